The van der Waals surface area contributed by atoms with Crippen molar-refractivity contribution in [3.63, 3.8) is 0 Å². The molecule has 0 aliphatic carbocycles. The number of halogens is 1. The van der Waals surface area contributed by atoms with E-state index in [1.54, 1.807) is 0 Å². The Morgan fingerprint density at radius 3 is 2.92 bits per heavy atom. The second-order valence-corrected chi connectivity index (χ2v) is 3.74. The van der Waals surface area contributed by atoms with Crippen LogP contribution in [0.25, 0.3) is 4.91 Å². The normalized spacial score (nSPS) is 12.4. The fourth-order valence-electron chi connectivity index (χ4n) is 0.899. The van der Waals surface area contributed by atoms with Gasteiger partial charge in [-0.15, -0.1) is 12.6 Å². The molecule has 0 aromatic carbocycles. The number of rotatable bonds is 2. The number of allylic oxidation sites excluding steroid dienone is 2. The predicted octanol–water partition coefficient (Wildman–Crippen LogP) is 3.61. The Labute approximate surface area is 97.5 Å². The number of hydrogen-bond acceptors (Lipinski definition) is 2. The van der Waals surface area contributed by atoms with Gasteiger partial charge in [-0.05, 0) is 29.2 Å². The van der Waals surface area contributed by atoms with Crippen molar-refractivity contribution in [3.05, 3.63) is 45.8 Å². The molecule has 1 heterocycles. The summed E-state index contributed by atoms with van der Waals surface area (Å²) in [6, 6.07) is 5.90. The summed E-state index contributed by atoms with van der Waals surface area (Å²) in [7, 11) is 0. The van der Waals surface area contributed by atoms with Crippen LogP contribution in [0.1, 0.15) is 11.4 Å². The fourth-order valence-corrected chi connectivity index (χ4v) is 1.32. The lowest BCUT2D eigenvalue weighted by atomic mass is 10.3. The molecule has 0 bridgehead atoms. The molecule has 0 N–H and O–H groups in total. The van der Waals surface area contributed by atoms with Crippen molar-refractivity contribution >= 4 is 40.1 Å². The first-order valence-corrected chi connectivity index (χ1v) is 5.53. The first-order valence-electron chi connectivity index (χ1n) is 3.84. The summed E-state index contributed by atoms with van der Waals surface area (Å²) >= 11 is 6.51. The first kappa shape index (κ1) is 10.8. The van der Waals surface area contributed by atoms with Gasteiger partial charge in [0.05, 0.1) is 5.69 Å². The highest BCUT2D eigenvalue weighted by Crippen LogP contribution is 2.16. The highest BCUT2D eigenvalue weighted by atomic mass is 127. The van der Waals surface area contributed by atoms with E-state index in [0.717, 1.165) is 16.3 Å². The van der Waals surface area contributed by atoms with Crippen molar-refractivity contribution in [2.45, 2.75) is 6.92 Å². The number of aromatic nitrogens is 1. The Morgan fingerprint density at radius 2 is 2.31 bits per heavy atom. The highest BCUT2D eigenvalue weighted by Gasteiger charge is 1.95. The number of nitrogens with zero attached hydrogens (tertiary/aromatic N) is 1. The van der Waals surface area contributed by atoms with E-state index in [-0.39, 0.29) is 0 Å². The van der Waals surface area contributed by atoms with Gasteiger partial charge in [0, 0.05) is 10.6 Å². The second-order valence-electron chi connectivity index (χ2n) is 2.53. The maximum absolute atomic E-state index is 4.34. The van der Waals surface area contributed by atoms with E-state index in [0.29, 0.717) is 0 Å². The summed E-state index contributed by atoms with van der Waals surface area (Å²) in [5.74, 6) is 0. The van der Waals surface area contributed by atoms with E-state index in [9.17, 15) is 0 Å². The molecule has 3 heteroatoms. The van der Waals surface area contributed by atoms with Gasteiger partial charge in [-0.1, -0.05) is 34.7 Å². The molecule has 68 valence electrons. The quantitative estimate of drug-likeness (QED) is 0.500. The van der Waals surface area contributed by atoms with Gasteiger partial charge in [-0.25, -0.2) is 0 Å². The minimum Gasteiger partial charge on any atom is -0.253 e. The largest absolute Gasteiger partial charge is 0.253 e. The molecule has 0 saturated heterocycles. The standard InChI is InChI=1S/C10H10INS/c1-8-4-2-5-9(12-8)10(13)6-3-7-11/h2-7,13H,1H3/b7-3-,10-6-. The Morgan fingerprint density at radius 1 is 1.54 bits per heavy atom. The lowest BCUT2D eigenvalue weighted by Crippen LogP contribution is -1.86. The number of thiol groups is 1. The van der Waals surface area contributed by atoms with Crippen LogP contribution in [0.4, 0.5) is 0 Å². The van der Waals surface area contributed by atoms with Gasteiger partial charge in [-0.3, -0.25) is 4.98 Å². The Bertz CT molecular complexity index is 345. The van der Waals surface area contributed by atoms with Crippen LogP contribution in [0.15, 0.2) is 34.4 Å². The molecule has 0 atom stereocenters. The molecule has 0 amide bonds. The van der Waals surface area contributed by atoms with Crippen molar-refractivity contribution in [2.24, 2.45) is 0 Å². The third kappa shape index (κ3) is 3.52. The molecule has 1 nitrogen and oxygen atoms in total. The van der Waals surface area contributed by atoms with Crippen LogP contribution in [0.3, 0.4) is 0 Å². The molecule has 1 rings (SSSR count). The third-order valence-corrected chi connectivity index (χ3v) is 2.27. The predicted molar refractivity (Wildman–Crippen MR) is 69.1 cm³/mol. The molecule has 1 aromatic rings. The highest BCUT2D eigenvalue weighted by molar-refractivity contribution is 14.1. The van der Waals surface area contributed by atoms with Crippen LogP contribution >= 0.6 is 35.2 Å². The van der Waals surface area contributed by atoms with Gasteiger partial charge in [0.2, 0.25) is 0 Å². The zero-order valence-electron chi connectivity index (χ0n) is 7.24. The molecule has 0 fully saturated rings. The van der Waals surface area contributed by atoms with E-state index in [2.05, 4.69) is 40.2 Å². The van der Waals surface area contributed by atoms with Crippen LogP contribution in [-0.2, 0) is 0 Å². The third-order valence-electron chi connectivity index (χ3n) is 1.48. The van der Waals surface area contributed by atoms with Crippen molar-refractivity contribution in [1.82, 2.24) is 4.98 Å². The molecule has 0 aliphatic rings. The maximum Gasteiger partial charge on any atom is 0.0766 e. The zero-order valence-corrected chi connectivity index (χ0v) is 10.3. The lowest BCUT2D eigenvalue weighted by molar-refractivity contribution is 1.18. The van der Waals surface area contributed by atoms with Gasteiger partial charge < -0.3 is 0 Å². The van der Waals surface area contributed by atoms with Gasteiger partial charge in [0.25, 0.3) is 0 Å². The van der Waals surface area contributed by atoms with Crippen molar-refractivity contribution in [3.8, 4) is 0 Å². The first-order chi connectivity index (χ1) is 6.24. The molecule has 0 saturated carbocycles. The van der Waals surface area contributed by atoms with Crippen LogP contribution in [0, 0.1) is 6.92 Å². The van der Waals surface area contributed by atoms with Crippen molar-refractivity contribution < 1.29 is 0 Å². The Kier molecular flexibility index (Phi) is 4.52. The average molecular weight is 303 g/mol. The van der Waals surface area contributed by atoms with Gasteiger partial charge in [-0.2, -0.15) is 0 Å². The zero-order chi connectivity index (χ0) is 9.68. The molecular weight excluding hydrogens is 293 g/mol. The van der Waals surface area contributed by atoms with E-state index >= 15 is 0 Å². The molecule has 0 spiro atoms. The fraction of sp³-hybridized carbons (Fsp3) is 0.100. The van der Waals surface area contributed by atoms with Crippen molar-refractivity contribution in [1.29, 1.82) is 0 Å². The van der Waals surface area contributed by atoms with E-state index < -0.39 is 0 Å². The van der Waals surface area contributed by atoms with Crippen LogP contribution in [0.2, 0.25) is 0 Å². The summed E-state index contributed by atoms with van der Waals surface area (Å²) in [6.45, 7) is 1.97. The summed E-state index contributed by atoms with van der Waals surface area (Å²) in [5.41, 5.74) is 1.92. The second kappa shape index (κ2) is 5.44. The van der Waals surface area contributed by atoms with Crippen LogP contribution in [0.5, 0.6) is 0 Å². The SMILES string of the molecule is Cc1cccc(/C(S)=C/C=C\I)n1. The van der Waals surface area contributed by atoms with E-state index in [4.69, 9.17) is 0 Å². The summed E-state index contributed by atoms with van der Waals surface area (Å²) < 4.78 is 1.93. The average Bonchev–Trinajstić information content (AvgIpc) is 2.14. The summed E-state index contributed by atoms with van der Waals surface area (Å²) in [6.07, 6.45) is 3.87. The molecule has 0 unspecified atom stereocenters. The molecular formula is C10H10INS. The topological polar surface area (TPSA) is 12.9 Å². The van der Waals surface area contributed by atoms with Gasteiger partial charge >= 0.3 is 0 Å². The van der Waals surface area contributed by atoms with Crippen LogP contribution in [-0.4, -0.2) is 4.98 Å². The molecule has 1 aromatic heterocycles. The van der Waals surface area contributed by atoms with Gasteiger partial charge in [0.15, 0.2) is 0 Å². The molecule has 0 aliphatic heterocycles. The smallest absolute Gasteiger partial charge is 0.0766 e. The summed E-state index contributed by atoms with van der Waals surface area (Å²) in [5, 5.41) is 0. The van der Waals surface area contributed by atoms with Crippen LogP contribution < -0.4 is 0 Å². The van der Waals surface area contributed by atoms with E-state index in [1.807, 2.05) is 41.4 Å². The monoisotopic (exact) mass is 303 g/mol. The summed E-state index contributed by atoms with van der Waals surface area (Å²) in [4.78, 5) is 5.23. The molecule has 13 heavy (non-hydrogen) atoms. The maximum atomic E-state index is 4.34. The minimum absolute atomic E-state index is 0.886. The Balaban J connectivity index is 2.94. The number of hydrogen-bond donors (Lipinski definition) is 1. The van der Waals surface area contributed by atoms with Crippen molar-refractivity contribution in [2.75, 3.05) is 0 Å². The minimum atomic E-state index is 0.886. The Hall–Kier alpha value is -0.290. The van der Waals surface area contributed by atoms with Gasteiger partial charge in [0.1, 0.15) is 0 Å². The number of pyridine rings is 1. The van der Waals surface area contributed by atoms with E-state index in [1.165, 1.54) is 0 Å². The lowest BCUT2D eigenvalue weighted by Gasteiger charge is -1.99. The number of aryl methyl sites for hydroxylation is 1. The molecule has 0 radical (unpaired) electrons.